The van der Waals surface area contributed by atoms with Crippen LogP contribution in [0.4, 0.5) is 5.82 Å². The lowest BCUT2D eigenvalue weighted by atomic mass is 10.1. The minimum absolute atomic E-state index is 0.0289. The summed E-state index contributed by atoms with van der Waals surface area (Å²) in [6, 6.07) is 22.1. The summed E-state index contributed by atoms with van der Waals surface area (Å²) in [4.78, 5) is 40.8. The first-order valence-corrected chi connectivity index (χ1v) is 11.1. The predicted octanol–water partition coefficient (Wildman–Crippen LogP) is 5.56. The fraction of sp³-hybridized carbons (Fsp3) is 0.0357. The Balaban J connectivity index is 1.26. The van der Waals surface area contributed by atoms with Crippen molar-refractivity contribution in [3.63, 3.8) is 0 Å². The van der Waals surface area contributed by atoms with Gasteiger partial charge in [0.1, 0.15) is 11.6 Å². The SMILES string of the molecule is O=C(C/C=C/c1ccc(-c2nc3cc(NC(=O)c4ccccc4)ncc3[nH]2)cc1)c1cccnc1. The summed E-state index contributed by atoms with van der Waals surface area (Å²) in [6.45, 7) is 0. The summed E-state index contributed by atoms with van der Waals surface area (Å²) in [6.07, 6.45) is 8.96. The number of fused-ring (bicyclic) bond motifs is 1. The van der Waals surface area contributed by atoms with Gasteiger partial charge in [0.25, 0.3) is 5.91 Å². The fourth-order valence-electron chi connectivity index (χ4n) is 3.59. The first-order chi connectivity index (χ1) is 17.2. The van der Waals surface area contributed by atoms with Crippen molar-refractivity contribution in [3.05, 3.63) is 114 Å². The molecule has 170 valence electrons. The number of allylic oxidation sites excluding steroid dienone is 1. The van der Waals surface area contributed by atoms with Gasteiger partial charge in [-0.1, -0.05) is 54.6 Å². The van der Waals surface area contributed by atoms with E-state index in [4.69, 9.17) is 0 Å². The monoisotopic (exact) mass is 459 g/mol. The average Bonchev–Trinajstić information content (AvgIpc) is 3.33. The molecule has 0 aliphatic carbocycles. The molecule has 0 bridgehead atoms. The number of hydrogen-bond acceptors (Lipinski definition) is 5. The van der Waals surface area contributed by atoms with Crippen LogP contribution in [0.15, 0.2) is 97.5 Å². The molecular formula is C28H21N5O2. The molecule has 5 rings (SSSR count). The van der Waals surface area contributed by atoms with E-state index in [0.29, 0.717) is 34.7 Å². The summed E-state index contributed by atoms with van der Waals surface area (Å²) in [5.41, 5.74) is 4.55. The van der Waals surface area contributed by atoms with Gasteiger partial charge < -0.3 is 10.3 Å². The summed E-state index contributed by atoms with van der Waals surface area (Å²) >= 11 is 0. The molecule has 0 spiro atoms. The molecule has 0 aliphatic heterocycles. The Hall–Kier alpha value is -4.91. The van der Waals surface area contributed by atoms with Crippen LogP contribution in [0.5, 0.6) is 0 Å². The number of carbonyl (C=O) groups is 2. The van der Waals surface area contributed by atoms with Gasteiger partial charge in [-0.2, -0.15) is 0 Å². The van der Waals surface area contributed by atoms with E-state index in [0.717, 1.165) is 16.6 Å². The van der Waals surface area contributed by atoms with Crippen molar-refractivity contribution in [1.29, 1.82) is 0 Å². The number of rotatable bonds is 7. The van der Waals surface area contributed by atoms with E-state index in [9.17, 15) is 9.59 Å². The third-order valence-electron chi connectivity index (χ3n) is 5.43. The highest BCUT2D eigenvalue weighted by Crippen LogP contribution is 2.22. The fourth-order valence-corrected chi connectivity index (χ4v) is 3.59. The highest BCUT2D eigenvalue weighted by Gasteiger charge is 2.10. The van der Waals surface area contributed by atoms with Crippen LogP contribution in [0.3, 0.4) is 0 Å². The maximum Gasteiger partial charge on any atom is 0.256 e. The number of nitrogens with zero attached hydrogens (tertiary/aromatic N) is 3. The molecule has 3 aromatic heterocycles. The molecule has 35 heavy (non-hydrogen) atoms. The molecule has 3 heterocycles. The van der Waals surface area contributed by atoms with Crippen LogP contribution < -0.4 is 5.32 Å². The molecule has 1 amide bonds. The number of anilines is 1. The maximum atomic E-state index is 12.4. The number of carbonyl (C=O) groups excluding carboxylic acids is 2. The van der Waals surface area contributed by atoms with Gasteiger partial charge in [0.05, 0.1) is 17.2 Å². The van der Waals surface area contributed by atoms with Gasteiger partial charge >= 0.3 is 0 Å². The Labute approximate surface area is 201 Å². The van der Waals surface area contributed by atoms with Crippen LogP contribution in [-0.2, 0) is 0 Å². The lowest BCUT2D eigenvalue weighted by Crippen LogP contribution is -2.12. The lowest BCUT2D eigenvalue weighted by Gasteiger charge is -2.03. The number of benzene rings is 2. The normalized spacial score (nSPS) is 11.1. The molecule has 2 N–H and O–H groups in total. The summed E-state index contributed by atoms with van der Waals surface area (Å²) < 4.78 is 0. The average molecular weight is 460 g/mol. The number of amides is 1. The largest absolute Gasteiger partial charge is 0.337 e. The number of Topliss-reactive ketones (excluding diaryl/α,β-unsaturated/α-hetero) is 1. The van der Waals surface area contributed by atoms with E-state index in [1.54, 1.807) is 48.9 Å². The molecule has 0 unspecified atom stereocenters. The number of H-pyrrole nitrogens is 1. The van der Waals surface area contributed by atoms with Crippen molar-refractivity contribution in [2.45, 2.75) is 6.42 Å². The van der Waals surface area contributed by atoms with Gasteiger partial charge in [0.15, 0.2) is 5.78 Å². The smallest absolute Gasteiger partial charge is 0.256 e. The standard InChI is InChI=1S/C28H21N5O2/c34-25(22-9-5-15-29-17-22)10-4-6-19-11-13-20(14-12-19)27-31-23-16-26(30-18-24(23)32-27)33-28(35)21-7-2-1-3-8-21/h1-9,11-18H,10H2,(H,31,32)(H,30,33,35)/b6-4+. The topological polar surface area (TPSA) is 101 Å². The number of aromatic nitrogens is 4. The van der Waals surface area contributed by atoms with Gasteiger partial charge in [-0.3, -0.25) is 14.6 Å². The maximum absolute atomic E-state index is 12.4. The summed E-state index contributed by atoms with van der Waals surface area (Å²) in [5.74, 6) is 0.946. The van der Waals surface area contributed by atoms with Gasteiger partial charge in [-0.05, 0) is 29.8 Å². The van der Waals surface area contributed by atoms with E-state index in [1.165, 1.54) is 0 Å². The van der Waals surface area contributed by atoms with Crippen molar-refractivity contribution in [1.82, 2.24) is 19.9 Å². The van der Waals surface area contributed by atoms with Crippen LogP contribution in [0.1, 0.15) is 32.7 Å². The molecule has 5 aromatic rings. The molecular weight excluding hydrogens is 438 g/mol. The number of hydrogen-bond donors (Lipinski definition) is 2. The Morgan fingerprint density at radius 1 is 0.914 bits per heavy atom. The minimum atomic E-state index is -0.223. The van der Waals surface area contributed by atoms with E-state index < -0.39 is 0 Å². The van der Waals surface area contributed by atoms with Crippen molar-refractivity contribution < 1.29 is 9.59 Å². The first-order valence-electron chi connectivity index (χ1n) is 11.1. The number of ketones is 1. The summed E-state index contributed by atoms with van der Waals surface area (Å²) in [5, 5.41) is 2.81. The zero-order chi connectivity index (χ0) is 24.0. The number of pyridine rings is 2. The third kappa shape index (κ3) is 5.20. The van der Waals surface area contributed by atoms with Crippen LogP contribution in [0.2, 0.25) is 0 Å². The van der Waals surface area contributed by atoms with Gasteiger partial charge in [0.2, 0.25) is 0 Å². The molecule has 0 atom stereocenters. The first kappa shape index (κ1) is 21.9. The van der Waals surface area contributed by atoms with Crippen LogP contribution in [0, 0.1) is 0 Å². The Kier molecular flexibility index (Phi) is 6.21. The zero-order valence-corrected chi connectivity index (χ0v) is 18.7. The van der Waals surface area contributed by atoms with Crippen molar-refractivity contribution >= 4 is 34.6 Å². The second kappa shape index (κ2) is 9.93. The van der Waals surface area contributed by atoms with Crippen LogP contribution in [-0.4, -0.2) is 31.6 Å². The van der Waals surface area contributed by atoms with E-state index in [-0.39, 0.29) is 11.7 Å². The lowest BCUT2D eigenvalue weighted by molar-refractivity contribution is 0.0993. The quantitative estimate of drug-likeness (QED) is 0.310. The highest BCUT2D eigenvalue weighted by molar-refractivity contribution is 6.04. The van der Waals surface area contributed by atoms with E-state index >= 15 is 0 Å². The van der Waals surface area contributed by atoms with Gasteiger partial charge in [-0.25, -0.2) is 9.97 Å². The molecule has 0 radical (unpaired) electrons. The molecule has 7 nitrogen and oxygen atoms in total. The molecule has 0 aliphatic rings. The van der Waals surface area contributed by atoms with Gasteiger partial charge in [0, 0.05) is 41.6 Å². The van der Waals surface area contributed by atoms with Crippen LogP contribution >= 0.6 is 0 Å². The second-order valence-electron chi connectivity index (χ2n) is 7.89. The molecule has 0 saturated heterocycles. The third-order valence-corrected chi connectivity index (χ3v) is 5.43. The van der Waals surface area contributed by atoms with Crippen LogP contribution in [0.25, 0.3) is 28.5 Å². The molecule has 0 saturated carbocycles. The van der Waals surface area contributed by atoms with E-state index in [2.05, 4.69) is 25.3 Å². The molecule has 2 aromatic carbocycles. The van der Waals surface area contributed by atoms with Crippen molar-refractivity contribution in [2.75, 3.05) is 5.32 Å². The highest BCUT2D eigenvalue weighted by atomic mass is 16.1. The predicted molar refractivity (Wildman–Crippen MR) is 136 cm³/mol. The summed E-state index contributed by atoms with van der Waals surface area (Å²) in [7, 11) is 0. The second-order valence-corrected chi connectivity index (χ2v) is 7.89. The minimum Gasteiger partial charge on any atom is -0.337 e. The Bertz CT molecular complexity index is 1510. The van der Waals surface area contributed by atoms with Crippen molar-refractivity contribution in [2.24, 2.45) is 0 Å². The number of imidazole rings is 1. The number of nitrogens with one attached hydrogen (secondary N) is 2. The van der Waals surface area contributed by atoms with Gasteiger partial charge in [-0.15, -0.1) is 0 Å². The Morgan fingerprint density at radius 2 is 1.71 bits per heavy atom. The molecule has 0 fully saturated rings. The zero-order valence-electron chi connectivity index (χ0n) is 18.7. The number of aromatic amines is 1. The van der Waals surface area contributed by atoms with E-state index in [1.807, 2.05) is 54.6 Å². The molecule has 7 heteroatoms. The Morgan fingerprint density at radius 3 is 2.49 bits per heavy atom. The van der Waals surface area contributed by atoms with Crippen molar-refractivity contribution in [3.8, 4) is 11.4 Å².